The molecule has 0 spiro atoms. The topological polar surface area (TPSA) is 95.6 Å². The fourth-order valence-electron chi connectivity index (χ4n) is 2.70. The molecule has 0 radical (unpaired) electrons. The Hall–Kier alpha value is -3.23. The van der Waals surface area contributed by atoms with E-state index >= 15 is 0 Å². The largest absolute Gasteiger partial charge is 0.318 e. The van der Waals surface area contributed by atoms with Crippen molar-refractivity contribution in [2.45, 2.75) is 0 Å². The fourth-order valence-corrected chi connectivity index (χ4v) is 3.04. The van der Waals surface area contributed by atoms with Crippen molar-refractivity contribution in [2.24, 2.45) is 0 Å². The molecule has 4 rings (SSSR count). The van der Waals surface area contributed by atoms with Crippen molar-refractivity contribution in [3.63, 3.8) is 0 Å². The van der Waals surface area contributed by atoms with Gasteiger partial charge in [0.05, 0.1) is 16.6 Å². The molecule has 2 aromatic heterocycles. The first kappa shape index (κ1) is 17.2. The first-order valence-corrected chi connectivity index (χ1v) is 8.68. The molecule has 0 aliphatic rings. The van der Waals surface area contributed by atoms with Gasteiger partial charge in [0.2, 0.25) is 5.95 Å². The van der Waals surface area contributed by atoms with E-state index in [-0.39, 0.29) is 21.8 Å². The lowest BCUT2D eigenvalue weighted by Gasteiger charge is -2.15. The molecule has 7 nitrogen and oxygen atoms in total. The number of hydrogen-bond acceptors (Lipinski definition) is 5. The first-order valence-electron chi connectivity index (χ1n) is 7.90. The average molecular weight is 398 g/mol. The van der Waals surface area contributed by atoms with Crippen molar-refractivity contribution in [3.05, 3.63) is 85.1 Å². The Morgan fingerprint density at radius 1 is 1.04 bits per heavy atom. The van der Waals surface area contributed by atoms with Crippen LogP contribution in [0, 0.1) is 4.77 Å². The number of halogens is 1. The normalized spacial score (nSPS) is 10.9. The Morgan fingerprint density at radius 3 is 2.52 bits per heavy atom. The number of benzene rings is 2. The Kier molecular flexibility index (Phi) is 4.35. The van der Waals surface area contributed by atoms with Gasteiger partial charge in [0.1, 0.15) is 5.82 Å². The predicted molar refractivity (Wildman–Crippen MR) is 108 cm³/mol. The molecule has 9 heteroatoms. The van der Waals surface area contributed by atoms with Crippen LogP contribution in [0.3, 0.4) is 0 Å². The lowest BCUT2D eigenvalue weighted by Crippen LogP contribution is -2.23. The van der Waals surface area contributed by atoms with Crippen LogP contribution in [0.5, 0.6) is 0 Å². The number of hydrogen-bond donors (Lipinski definition) is 3. The number of anilines is 2. The van der Waals surface area contributed by atoms with Crippen LogP contribution in [0.25, 0.3) is 16.6 Å². The zero-order chi connectivity index (χ0) is 19.0. The Bertz CT molecular complexity index is 1300. The number of rotatable bonds is 3. The molecule has 0 atom stereocenters. The van der Waals surface area contributed by atoms with Crippen molar-refractivity contribution in [1.82, 2.24) is 19.5 Å². The number of aromatic amines is 2. The molecule has 0 saturated heterocycles. The van der Waals surface area contributed by atoms with Gasteiger partial charge in [-0.1, -0.05) is 23.7 Å². The summed E-state index contributed by atoms with van der Waals surface area (Å²) in [7, 11) is 0. The standard InChI is InChI=1S/C18H12ClN5O2S/c19-10-5-7-11(8-6-10)24-16(26)12-3-1-2-4-13(12)20-17(24)21-14-9-15(25)23-18(27)22-14/h1-9H,(H3,20,21,22,23,25,27). The van der Waals surface area contributed by atoms with Gasteiger partial charge in [0.25, 0.3) is 11.1 Å². The van der Waals surface area contributed by atoms with Crippen LogP contribution in [0.4, 0.5) is 11.8 Å². The molecule has 0 bridgehead atoms. The maximum absolute atomic E-state index is 13.1. The van der Waals surface area contributed by atoms with Crippen molar-refractivity contribution >= 4 is 46.5 Å². The van der Waals surface area contributed by atoms with Gasteiger partial charge in [-0.05, 0) is 48.6 Å². The highest BCUT2D eigenvalue weighted by molar-refractivity contribution is 7.71. The van der Waals surface area contributed by atoms with Crippen LogP contribution in [0.2, 0.25) is 5.02 Å². The van der Waals surface area contributed by atoms with Crippen LogP contribution in [-0.2, 0) is 0 Å². The van der Waals surface area contributed by atoms with Crippen molar-refractivity contribution in [1.29, 1.82) is 0 Å². The summed E-state index contributed by atoms with van der Waals surface area (Å²) in [4.78, 5) is 34.6. The molecule has 0 fully saturated rings. The summed E-state index contributed by atoms with van der Waals surface area (Å²) in [6.45, 7) is 0. The van der Waals surface area contributed by atoms with Crippen molar-refractivity contribution < 1.29 is 0 Å². The number of nitrogens with one attached hydrogen (secondary N) is 3. The van der Waals surface area contributed by atoms with Gasteiger partial charge < -0.3 is 10.3 Å². The van der Waals surface area contributed by atoms with Crippen molar-refractivity contribution in [3.8, 4) is 5.69 Å². The fraction of sp³-hybridized carbons (Fsp3) is 0. The predicted octanol–water partition coefficient (Wildman–Crippen LogP) is 3.53. The highest BCUT2D eigenvalue weighted by Crippen LogP contribution is 2.20. The van der Waals surface area contributed by atoms with E-state index in [1.165, 1.54) is 10.6 Å². The van der Waals surface area contributed by atoms with Crippen LogP contribution in [-0.4, -0.2) is 19.5 Å². The second-order valence-electron chi connectivity index (χ2n) is 5.70. The highest BCUT2D eigenvalue weighted by atomic mass is 35.5. The average Bonchev–Trinajstić information content (AvgIpc) is 2.62. The van der Waals surface area contributed by atoms with Gasteiger partial charge in [-0.2, -0.15) is 0 Å². The molecule has 3 N–H and O–H groups in total. The number of para-hydroxylation sites is 1. The van der Waals surface area contributed by atoms with E-state index in [9.17, 15) is 9.59 Å². The van der Waals surface area contributed by atoms with E-state index in [1.54, 1.807) is 48.5 Å². The van der Waals surface area contributed by atoms with E-state index < -0.39 is 0 Å². The van der Waals surface area contributed by atoms with Crippen LogP contribution in [0.15, 0.2) is 64.2 Å². The summed E-state index contributed by atoms with van der Waals surface area (Å²) in [6.07, 6.45) is 0. The Labute approximate surface area is 162 Å². The molecule has 134 valence electrons. The zero-order valence-corrected chi connectivity index (χ0v) is 15.3. The maximum Gasteiger partial charge on any atom is 0.267 e. The van der Waals surface area contributed by atoms with Gasteiger partial charge in [0, 0.05) is 11.1 Å². The lowest BCUT2D eigenvalue weighted by atomic mass is 10.2. The SMILES string of the molecule is O=c1cc(Nc2nc3ccccc3c(=O)n2-c2ccc(Cl)cc2)[nH]c(=S)[nH]1. The van der Waals surface area contributed by atoms with Gasteiger partial charge in [-0.15, -0.1) is 0 Å². The third-order valence-corrected chi connectivity index (χ3v) is 4.32. The molecular formula is C18H12ClN5O2S. The molecule has 27 heavy (non-hydrogen) atoms. The number of fused-ring (bicyclic) bond motifs is 1. The molecule has 0 aliphatic carbocycles. The summed E-state index contributed by atoms with van der Waals surface area (Å²) in [6, 6.07) is 15.1. The molecule has 0 amide bonds. The summed E-state index contributed by atoms with van der Waals surface area (Å²) >= 11 is 11.0. The second kappa shape index (κ2) is 6.82. The maximum atomic E-state index is 13.1. The minimum absolute atomic E-state index is 0.158. The molecule has 0 aliphatic heterocycles. The summed E-state index contributed by atoms with van der Waals surface area (Å²) < 4.78 is 1.57. The van der Waals surface area contributed by atoms with Gasteiger partial charge >= 0.3 is 0 Å². The highest BCUT2D eigenvalue weighted by Gasteiger charge is 2.13. The quantitative estimate of drug-likeness (QED) is 0.460. The molecule has 2 heterocycles. The molecule has 0 saturated carbocycles. The number of nitrogens with zero attached hydrogens (tertiary/aromatic N) is 2. The lowest BCUT2D eigenvalue weighted by molar-refractivity contribution is 0.966. The minimum Gasteiger partial charge on any atom is -0.318 e. The number of H-pyrrole nitrogens is 2. The molecule has 4 aromatic rings. The third kappa shape index (κ3) is 3.40. The van der Waals surface area contributed by atoms with Gasteiger partial charge in [-0.3, -0.25) is 14.6 Å². The smallest absolute Gasteiger partial charge is 0.267 e. The molecule has 0 unspecified atom stereocenters. The van der Waals surface area contributed by atoms with E-state index in [4.69, 9.17) is 23.8 Å². The Morgan fingerprint density at radius 2 is 1.78 bits per heavy atom. The van der Waals surface area contributed by atoms with Crippen molar-refractivity contribution in [2.75, 3.05) is 5.32 Å². The zero-order valence-electron chi connectivity index (χ0n) is 13.7. The van der Waals surface area contributed by atoms with E-state index in [1.807, 2.05) is 0 Å². The van der Waals surface area contributed by atoms with E-state index in [2.05, 4.69) is 20.3 Å². The van der Waals surface area contributed by atoms with E-state index in [0.29, 0.717) is 27.4 Å². The molecule has 2 aromatic carbocycles. The van der Waals surface area contributed by atoms with Crippen LogP contribution in [0.1, 0.15) is 0 Å². The van der Waals surface area contributed by atoms with Gasteiger partial charge in [-0.25, -0.2) is 9.55 Å². The summed E-state index contributed by atoms with van der Waals surface area (Å²) in [5, 5.41) is 4.00. The monoisotopic (exact) mass is 397 g/mol. The summed E-state index contributed by atoms with van der Waals surface area (Å²) in [5.41, 5.74) is 0.475. The number of aromatic nitrogens is 4. The van der Waals surface area contributed by atoms with Gasteiger partial charge in [0.15, 0.2) is 4.77 Å². The molecular weight excluding hydrogens is 386 g/mol. The van der Waals surface area contributed by atoms with E-state index in [0.717, 1.165) is 0 Å². The first-order chi connectivity index (χ1) is 13.0. The summed E-state index contributed by atoms with van der Waals surface area (Å²) in [5.74, 6) is 0.547. The second-order valence-corrected chi connectivity index (χ2v) is 6.54. The van der Waals surface area contributed by atoms with Crippen LogP contribution < -0.4 is 16.4 Å². The minimum atomic E-state index is -0.373. The Balaban J connectivity index is 1.98. The third-order valence-electron chi connectivity index (χ3n) is 3.87. The van der Waals surface area contributed by atoms with Crippen LogP contribution >= 0.6 is 23.8 Å².